The smallest absolute Gasteiger partial charge is 0.335 e. The Hall–Kier alpha value is -5.06. The Morgan fingerprint density at radius 2 is 1.52 bits per heavy atom. The van der Waals surface area contributed by atoms with Gasteiger partial charge in [0.25, 0.3) is 0 Å². The van der Waals surface area contributed by atoms with E-state index < -0.39 is 64.6 Å². The Bertz CT molecular complexity index is 2190. The number of carbonyl (C=O) groups excluding carboxylic acids is 4. The standard InChI is InChI=1S/C39H28BrClN2O7/c40-22-12-15-31(44)29(17-22)33-26-13-14-27-32(36(47)42(34(27)45)24-10-4-6-20(16-24)37(48)49)28(26)19-30-35(46)43(25-11-5-9-23(41)18-25)38(50)39(30,33)21-7-2-1-3-8-21/h1-13,15-18,27-28,30,32-33,44H,14,19H2,(H,48,49)/t27-,28+,30-,32-,33+,39+/m0/s1. The second kappa shape index (κ2) is 11.8. The lowest BCUT2D eigenvalue weighted by Crippen LogP contribution is -2.53. The molecule has 4 amide bonds. The first-order valence-electron chi connectivity index (χ1n) is 16.1. The number of hydrogen-bond donors (Lipinski definition) is 2. The quantitative estimate of drug-likeness (QED) is 0.168. The highest BCUT2D eigenvalue weighted by molar-refractivity contribution is 9.10. The molecule has 0 radical (unpaired) electrons. The van der Waals surface area contributed by atoms with Crippen LogP contribution in [0, 0.1) is 23.7 Å². The van der Waals surface area contributed by atoms with Gasteiger partial charge in [-0.25, -0.2) is 9.69 Å². The highest BCUT2D eigenvalue weighted by Gasteiger charge is 2.70. The summed E-state index contributed by atoms with van der Waals surface area (Å²) in [4.78, 5) is 72.5. The molecule has 2 aliphatic heterocycles. The van der Waals surface area contributed by atoms with Crippen molar-refractivity contribution < 1.29 is 34.2 Å². The van der Waals surface area contributed by atoms with Crippen LogP contribution in [0.3, 0.4) is 0 Å². The summed E-state index contributed by atoms with van der Waals surface area (Å²) in [6.45, 7) is 0. The van der Waals surface area contributed by atoms with E-state index in [2.05, 4.69) is 15.9 Å². The maximum Gasteiger partial charge on any atom is 0.335 e. The van der Waals surface area contributed by atoms with Gasteiger partial charge in [0, 0.05) is 21.0 Å². The fourth-order valence-electron chi connectivity index (χ4n) is 8.88. The number of phenols is 1. The molecule has 4 aliphatic rings. The highest BCUT2D eigenvalue weighted by atomic mass is 79.9. The summed E-state index contributed by atoms with van der Waals surface area (Å²) in [5, 5.41) is 21.5. The molecule has 3 fully saturated rings. The number of carboxylic acid groups (broad SMARTS) is 1. The van der Waals surface area contributed by atoms with Gasteiger partial charge in [0.1, 0.15) is 5.75 Å². The van der Waals surface area contributed by atoms with Crippen LogP contribution in [0.1, 0.15) is 40.2 Å². The summed E-state index contributed by atoms with van der Waals surface area (Å²) >= 11 is 9.90. The second-order valence-electron chi connectivity index (χ2n) is 13.2. The summed E-state index contributed by atoms with van der Waals surface area (Å²) in [5.74, 6) is -7.36. The molecule has 1 saturated carbocycles. The number of amides is 4. The van der Waals surface area contributed by atoms with Crippen LogP contribution < -0.4 is 9.80 Å². The zero-order chi connectivity index (χ0) is 35.1. The number of nitrogens with zero attached hydrogens (tertiary/aromatic N) is 2. The molecule has 9 nitrogen and oxygen atoms in total. The third-order valence-corrected chi connectivity index (χ3v) is 11.5. The van der Waals surface area contributed by atoms with Crippen molar-refractivity contribution in [1.82, 2.24) is 0 Å². The van der Waals surface area contributed by atoms with Crippen molar-refractivity contribution in [1.29, 1.82) is 0 Å². The van der Waals surface area contributed by atoms with Gasteiger partial charge in [0.15, 0.2) is 0 Å². The summed E-state index contributed by atoms with van der Waals surface area (Å²) in [5.41, 5.74) is 0.542. The molecule has 2 saturated heterocycles. The maximum absolute atomic E-state index is 15.3. The average Bonchev–Trinajstić information content (AvgIpc) is 3.50. The van der Waals surface area contributed by atoms with E-state index in [-0.39, 0.29) is 29.8 Å². The van der Waals surface area contributed by atoms with Gasteiger partial charge in [-0.1, -0.05) is 81.6 Å². The molecule has 0 bridgehead atoms. The molecule has 2 heterocycles. The van der Waals surface area contributed by atoms with Gasteiger partial charge in [0.05, 0.1) is 40.1 Å². The highest BCUT2D eigenvalue weighted by Crippen LogP contribution is 2.65. The van der Waals surface area contributed by atoms with Gasteiger partial charge in [-0.2, -0.15) is 0 Å². The van der Waals surface area contributed by atoms with Crippen molar-refractivity contribution in [3.8, 4) is 5.75 Å². The van der Waals surface area contributed by atoms with E-state index >= 15 is 4.79 Å². The van der Waals surface area contributed by atoms with Crippen LogP contribution in [0.4, 0.5) is 11.4 Å². The molecule has 4 aromatic carbocycles. The molecule has 8 rings (SSSR count). The Balaban J connectivity index is 1.35. The van der Waals surface area contributed by atoms with Crippen molar-refractivity contribution >= 4 is 68.5 Å². The van der Waals surface area contributed by atoms with Crippen LogP contribution in [-0.4, -0.2) is 39.8 Å². The summed E-state index contributed by atoms with van der Waals surface area (Å²) in [7, 11) is 0. The minimum absolute atomic E-state index is 0.0662. The summed E-state index contributed by atoms with van der Waals surface area (Å²) < 4.78 is 0.640. The lowest BCUT2D eigenvalue weighted by atomic mass is 9.49. The van der Waals surface area contributed by atoms with Crippen molar-refractivity contribution in [2.75, 3.05) is 9.80 Å². The SMILES string of the molecule is O=C(O)c1cccc(N2C(=O)[C@H]3[C@H](CC=C4[C@H]3C[C@H]3C(=O)N(c5cccc(Cl)c5)C(=O)[C@@]3(c3ccccc3)[C@H]4c3cc(Br)ccc3O)C2=O)c1. The zero-order valence-electron chi connectivity index (χ0n) is 26.2. The van der Waals surface area contributed by atoms with E-state index in [1.807, 2.05) is 24.3 Å². The first-order chi connectivity index (χ1) is 24.0. The van der Waals surface area contributed by atoms with Gasteiger partial charge in [-0.15, -0.1) is 0 Å². The van der Waals surface area contributed by atoms with E-state index in [0.717, 1.165) is 4.90 Å². The predicted molar refractivity (Wildman–Crippen MR) is 188 cm³/mol. The number of carboxylic acids is 1. The van der Waals surface area contributed by atoms with E-state index in [4.69, 9.17) is 11.6 Å². The number of halogens is 2. The normalized spacial score (nSPS) is 27.2. The molecule has 0 aromatic heterocycles. The number of hydrogen-bond acceptors (Lipinski definition) is 6. The number of carbonyl (C=O) groups is 5. The van der Waals surface area contributed by atoms with Crippen molar-refractivity contribution in [2.45, 2.75) is 24.2 Å². The number of rotatable bonds is 5. The van der Waals surface area contributed by atoms with Gasteiger partial charge in [0.2, 0.25) is 23.6 Å². The molecule has 2 N–H and O–H groups in total. The predicted octanol–water partition coefficient (Wildman–Crippen LogP) is 6.87. The van der Waals surface area contributed by atoms with Crippen molar-refractivity contribution in [3.05, 3.63) is 135 Å². The number of anilines is 2. The minimum Gasteiger partial charge on any atom is -0.508 e. The first-order valence-corrected chi connectivity index (χ1v) is 17.3. The third-order valence-electron chi connectivity index (χ3n) is 10.8. The molecular weight excluding hydrogens is 724 g/mol. The van der Waals surface area contributed by atoms with Crippen LogP contribution in [-0.2, 0) is 24.6 Å². The fraction of sp³-hybridized carbons (Fsp3) is 0.205. The van der Waals surface area contributed by atoms with Crippen molar-refractivity contribution in [2.24, 2.45) is 23.7 Å². The maximum atomic E-state index is 15.3. The Morgan fingerprint density at radius 1 is 0.800 bits per heavy atom. The number of allylic oxidation sites excluding steroid dienone is 2. The van der Waals surface area contributed by atoms with Crippen LogP contribution in [0.5, 0.6) is 5.75 Å². The molecule has 250 valence electrons. The summed E-state index contributed by atoms with van der Waals surface area (Å²) in [6.07, 6.45) is 2.16. The number of phenolic OH excluding ortho intramolecular Hbond substituents is 1. The van der Waals surface area contributed by atoms with Crippen LogP contribution in [0.25, 0.3) is 0 Å². The van der Waals surface area contributed by atoms with Gasteiger partial charge in [-0.3, -0.25) is 24.1 Å². The molecule has 2 aliphatic carbocycles. The molecular formula is C39H28BrClN2O7. The molecule has 4 aromatic rings. The topological polar surface area (TPSA) is 132 Å². The van der Waals surface area contributed by atoms with Crippen LogP contribution >= 0.6 is 27.5 Å². The summed E-state index contributed by atoms with van der Waals surface area (Å²) in [6, 6.07) is 26.2. The van der Waals surface area contributed by atoms with Crippen molar-refractivity contribution in [3.63, 3.8) is 0 Å². The Kier molecular flexibility index (Phi) is 7.58. The number of imide groups is 2. The lowest BCUT2D eigenvalue weighted by molar-refractivity contribution is -0.127. The Morgan fingerprint density at radius 3 is 2.24 bits per heavy atom. The minimum atomic E-state index is -1.53. The molecule has 11 heteroatoms. The number of aromatic carboxylic acids is 1. The largest absolute Gasteiger partial charge is 0.508 e. The monoisotopic (exact) mass is 750 g/mol. The van der Waals surface area contributed by atoms with Gasteiger partial charge >= 0.3 is 5.97 Å². The molecule has 50 heavy (non-hydrogen) atoms. The van der Waals surface area contributed by atoms with E-state index in [1.165, 1.54) is 35.2 Å². The number of benzene rings is 4. The molecule has 6 atom stereocenters. The lowest BCUT2D eigenvalue weighted by Gasteiger charge is -2.50. The third kappa shape index (κ3) is 4.54. The van der Waals surface area contributed by atoms with E-state index in [9.17, 15) is 29.4 Å². The van der Waals surface area contributed by atoms with E-state index in [1.54, 1.807) is 48.5 Å². The van der Waals surface area contributed by atoms with Gasteiger partial charge < -0.3 is 10.2 Å². The van der Waals surface area contributed by atoms with E-state index in [0.29, 0.717) is 31.9 Å². The number of aromatic hydroxyl groups is 1. The zero-order valence-corrected chi connectivity index (χ0v) is 28.5. The Labute approximate surface area is 299 Å². The van der Waals surface area contributed by atoms with Crippen LogP contribution in [0.15, 0.2) is 113 Å². The fourth-order valence-corrected chi connectivity index (χ4v) is 9.44. The van der Waals surface area contributed by atoms with Crippen LogP contribution in [0.2, 0.25) is 5.02 Å². The number of fused-ring (bicyclic) bond motifs is 4. The first kappa shape index (κ1) is 32.2. The molecule has 0 spiro atoms. The average molecular weight is 752 g/mol. The molecule has 0 unspecified atom stereocenters. The van der Waals surface area contributed by atoms with Gasteiger partial charge in [-0.05, 0) is 78.9 Å². The second-order valence-corrected chi connectivity index (χ2v) is 14.5.